The number of aromatic amines is 2. The first-order chi connectivity index (χ1) is 10.5. The molecule has 0 atom stereocenters. The zero-order chi connectivity index (χ0) is 15.9. The van der Waals surface area contributed by atoms with Crippen molar-refractivity contribution < 1.29 is 4.79 Å². The van der Waals surface area contributed by atoms with Crippen LogP contribution in [0.15, 0.2) is 39.0 Å². The largest absolute Gasteiger partial charge is 0.342 e. The van der Waals surface area contributed by atoms with E-state index in [1.807, 2.05) is 36.2 Å². The topological polar surface area (TPSA) is 120 Å². The highest BCUT2D eigenvalue weighted by Gasteiger charge is 2.06. The number of rotatable bonds is 5. The van der Waals surface area contributed by atoms with Crippen molar-refractivity contribution in [1.29, 1.82) is 0 Å². The van der Waals surface area contributed by atoms with Crippen molar-refractivity contribution >= 4 is 12.1 Å². The van der Waals surface area contributed by atoms with E-state index in [9.17, 15) is 14.4 Å². The molecule has 1 aromatic carbocycles. The van der Waals surface area contributed by atoms with E-state index in [1.165, 1.54) is 6.21 Å². The van der Waals surface area contributed by atoms with Crippen LogP contribution in [0.5, 0.6) is 0 Å². The van der Waals surface area contributed by atoms with Crippen LogP contribution in [0.4, 0.5) is 0 Å². The van der Waals surface area contributed by atoms with E-state index >= 15 is 0 Å². The van der Waals surface area contributed by atoms with Crippen molar-refractivity contribution in [3.63, 3.8) is 0 Å². The summed E-state index contributed by atoms with van der Waals surface area (Å²) >= 11 is 0. The van der Waals surface area contributed by atoms with E-state index in [0.29, 0.717) is 0 Å². The molecule has 8 heteroatoms. The Morgan fingerprint density at radius 2 is 2.05 bits per heavy atom. The molecule has 22 heavy (non-hydrogen) atoms. The van der Waals surface area contributed by atoms with E-state index in [4.69, 9.17) is 0 Å². The van der Waals surface area contributed by atoms with Gasteiger partial charge in [0.2, 0.25) is 5.91 Å². The number of aromatic nitrogens is 3. The first kappa shape index (κ1) is 15.4. The number of carbonyl (C=O) groups is 1. The highest BCUT2D eigenvalue weighted by Crippen LogP contribution is 1.99. The summed E-state index contributed by atoms with van der Waals surface area (Å²) in [6.07, 6.45) is 1.67. The third kappa shape index (κ3) is 4.51. The molecule has 0 unspecified atom stereocenters. The van der Waals surface area contributed by atoms with Crippen LogP contribution in [0.2, 0.25) is 0 Å². The standard InChI is InChI=1S/C14H15N5O3/c1-9-2-4-10(5-3-9)8-15-18-12(20)7-6-11-13(21)16-14(22)19-17-11/h2-5,8H,6-7H2,1H3,(H,18,20)(H2,16,19,21,22). The number of carbonyl (C=O) groups excluding carboxylic acids is 1. The normalized spacial score (nSPS) is 10.8. The maximum atomic E-state index is 11.6. The van der Waals surface area contributed by atoms with Crippen molar-refractivity contribution in [1.82, 2.24) is 20.6 Å². The number of H-pyrrole nitrogens is 2. The van der Waals surface area contributed by atoms with Gasteiger partial charge in [-0.05, 0) is 12.5 Å². The molecule has 1 heterocycles. The number of hydrogen-bond acceptors (Lipinski definition) is 5. The van der Waals surface area contributed by atoms with Crippen LogP contribution in [0.1, 0.15) is 23.2 Å². The fraction of sp³-hybridized carbons (Fsp3) is 0.214. The summed E-state index contributed by atoms with van der Waals surface area (Å²) in [4.78, 5) is 35.8. The fourth-order valence-electron chi connectivity index (χ4n) is 1.66. The van der Waals surface area contributed by atoms with Crippen LogP contribution >= 0.6 is 0 Å². The zero-order valence-electron chi connectivity index (χ0n) is 11.9. The van der Waals surface area contributed by atoms with Gasteiger partial charge < -0.3 is 0 Å². The highest BCUT2D eigenvalue weighted by molar-refractivity contribution is 5.82. The monoisotopic (exact) mass is 301 g/mol. The highest BCUT2D eigenvalue weighted by atomic mass is 16.2. The first-order valence-electron chi connectivity index (χ1n) is 6.61. The molecule has 3 N–H and O–H groups in total. The Hall–Kier alpha value is -3.03. The summed E-state index contributed by atoms with van der Waals surface area (Å²) in [7, 11) is 0. The van der Waals surface area contributed by atoms with Crippen LogP contribution in [-0.2, 0) is 11.2 Å². The fourth-order valence-corrected chi connectivity index (χ4v) is 1.66. The van der Waals surface area contributed by atoms with Gasteiger partial charge in [0, 0.05) is 12.8 Å². The molecule has 2 rings (SSSR count). The van der Waals surface area contributed by atoms with Gasteiger partial charge in [0.15, 0.2) is 0 Å². The van der Waals surface area contributed by atoms with E-state index in [2.05, 4.69) is 20.7 Å². The van der Waals surface area contributed by atoms with E-state index in [0.717, 1.165) is 11.1 Å². The molecule has 0 fully saturated rings. The van der Waals surface area contributed by atoms with Gasteiger partial charge in [0.05, 0.1) is 6.21 Å². The Kier molecular flexibility index (Phi) is 4.97. The molecule has 1 amide bonds. The molecule has 114 valence electrons. The third-order valence-electron chi connectivity index (χ3n) is 2.85. The van der Waals surface area contributed by atoms with Crippen LogP contribution in [0.3, 0.4) is 0 Å². The minimum absolute atomic E-state index is 0.0351. The third-order valence-corrected chi connectivity index (χ3v) is 2.85. The Morgan fingerprint density at radius 3 is 2.73 bits per heavy atom. The summed E-state index contributed by atoms with van der Waals surface area (Å²) < 4.78 is 0. The second-order valence-corrected chi connectivity index (χ2v) is 4.66. The lowest BCUT2D eigenvalue weighted by Gasteiger charge is -1.99. The Morgan fingerprint density at radius 1 is 1.32 bits per heavy atom. The Labute approximate surface area is 125 Å². The summed E-state index contributed by atoms with van der Waals surface area (Å²) in [5.74, 6) is -0.351. The van der Waals surface area contributed by atoms with E-state index in [-0.39, 0.29) is 24.4 Å². The molecule has 0 saturated carbocycles. The lowest BCUT2D eigenvalue weighted by molar-refractivity contribution is -0.121. The predicted octanol–water partition coefficient (Wildman–Crippen LogP) is -0.150. The van der Waals surface area contributed by atoms with Crippen molar-refractivity contribution in [3.05, 3.63) is 61.9 Å². The number of aryl methyl sites for hydroxylation is 2. The van der Waals surface area contributed by atoms with Crippen LogP contribution in [0.25, 0.3) is 0 Å². The van der Waals surface area contributed by atoms with E-state index in [1.54, 1.807) is 0 Å². The van der Waals surface area contributed by atoms with Crippen LogP contribution < -0.4 is 16.7 Å². The van der Waals surface area contributed by atoms with Crippen LogP contribution in [0, 0.1) is 6.92 Å². The molecule has 0 saturated heterocycles. The second-order valence-electron chi connectivity index (χ2n) is 4.66. The molecular formula is C14H15N5O3. The Bertz CT molecular complexity index is 789. The van der Waals surface area contributed by atoms with Crippen molar-refractivity contribution in [2.75, 3.05) is 0 Å². The minimum atomic E-state index is -0.680. The number of benzene rings is 1. The van der Waals surface area contributed by atoms with Gasteiger partial charge in [0.25, 0.3) is 5.56 Å². The number of hydrazone groups is 1. The Balaban J connectivity index is 1.84. The SMILES string of the molecule is Cc1ccc(C=NNC(=O)CCc2n[nH]c(=O)[nH]c2=O)cc1. The van der Waals surface area contributed by atoms with Gasteiger partial charge in [-0.2, -0.15) is 10.2 Å². The molecule has 0 aliphatic carbocycles. The number of nitrogens with one attached hydrogen (secondary N) is 3. The molecule has 0 spiro atoms. The summed E-state index contributed by atoms with van der Waals surface area (Å²) in [5, 5.41) is 9.53. The molecule has 0 bridgehead atoms. The summed E-state index contributed by atoms with van der Waals surface area (Å²) in [6, 6.07) is 7.65. The lowest BCUT2D eigenvalue weighted by atomic mass is 10.2. The molecule has 2 aromatic rings. The van der Waals surface area contributed by atoms with Gasteiger partial charge in [-0.3, -0.25) is 14.6 Å². The van der Waals surface area contributed by atoms with Gasteiger partial charge in [-0.25, -0.2) is 15.3 Å². The minimum Gasteiger partial charge on any atom is -0.273 e. The van der Waals surface area contributed by atoms with Gasteiger partial charge in [0.1, 0.15) is 5.69 Å². The quantitative estimate of drug-likeness (QED) is 0.525. The van der Waals surface area contributed by atoms with Crippen molar-refractivity contribution in [2.45, 2.75) is 19.8 Å². The van der Waals surface area contributed by atoms with Gasteiger partial charge in [-0.15, -0.1) is 0 Å². The number of nitrogens with zero attached hydrogens (tertiary/aromatic N) is 2. The maximum Gasteiger partial charge on any atom is 0.342 e. The van der Waals surface area contributed by atoms with Crippen molar-refractivity contribution in [3.8, 4) is 0 Å². The number of hydrogen-bond donors (Lipinski definition) is 3. The molecular weight excluding hydrogens is 286 g/mol. The summed E-state index contributed by atoms with van der Waals surface area (Å²) in [6.45, 7) is 1.98. The average Bonchev–Trinajstić information content (AvgIpc) is 2.48. The molecule has 0 aliphatic rings. The van der Waals surface area contributed by atoms with E-state index < -0.39 is 11.2 Å². The molecule has 0 aliphatic heterocycles. The van der Waals surface area contributed by atoms with Gasteiger partial charge >= 0.3 is 5.69 Å². The molecule has 1 aromatic heterocycles. The summed E-state index contributed by atoms with van der Waals surface area (Å²) in [5.41, 5.74) is 3.19. The molecule has 8 nitrogen and oxygen atoms in total. The average molecular weight is 301 g/mol. The predicted molar refractivity (Wildman–Crippen MR) is 80.7 cm³/mol. The lowest BCUT2D eigenvalue weighted by Crippen LogP contribution is -2.28. The first-order valence-corrected chi connectivity index (χ1v) is 6.61. The van der Waals surface area contributed by atoms with Crippen LogP contribution in [-0.4, -0.2) is 27.3 Å². The smallest absolute Gasteiger partial charge is 0.273 e. The van der Waals surface area contributed by atoms with Crippen molar-refractivity contribution in [2.24, 2.45) is 5.10 Å². The number of amides is 1. The van der Waals surface area contributed by atoms with Gasteiger partial charge in [-0.1, -0.05) is 29.8 Å². The zero-order valence-corrected chi connectivity index (χ0v) is 11.9. The second kappa shape index (κ2) is 7.11. The maximum absolute atomic E-state index is 11.6. The molecule has 0 radical (unpaired) electrons.